The molecule has 2 aromatic rings. The first-order valence-corrected chi connectivity index (χ1v) is 7.54. The van der Waals surface area contributed by atoms with Gasteiger partial charge in [-0.2, -0.15) is 0 Å². The molecule has 2 atom stereocenters. The Morgan fingerprint density at radius 2 is 2.05 bits per heavy atom. The predicted octanol–water partition coefficient (Wildman–Crippen LogP) is 2.68. The molecule has 0 saturated carbocycles. The highest BCUT2D eigenvalue weighted by molar-refractivity contribution is 5.92. The Kier molecular flexibility index (Phi) is 2.71. The zero-order chi connectivity index (χ0) is 13.7. The van der Waals surface area contributed by atoms with E-state index in [0.29, 0.717) is 0 Å². The third kappa shape index (κ3) is 1.80. The van der Waals surface area contributed by atoms with Gasteiger partial charge in [0.05, 0.1) is 5.52 Å². The van der Waals surface area contributed by atoms with E-state index >= 15 is 0 Å². The van der Waals surface area contributed by atoms with Crippen LogP contribution in [0, 0.1) is 12.8 Å². The number of likely N-dealkylation sites (N-methyl/N-ethyl adjacent to an activating group) is 1. The normalized spacial score (nSPS) is 26.4. The highest BCUT2D eigenvalue weighted by atomic mass is 15.3. The first-order valence-electron chi connectivity index (χ1n) is 7.54. The van der Waals surface area contributed by atoms with E-state index in [4.69, 9.17) is 0 Å². The van der Waals surface area contributed by atoms with Gasteiger partial charge >= 0.3 is 0 Å². The van der Waals surface area contributed by atoms with Crippen LogP contribution in [-0.2, 0) is 0 Å². The van der Waals surface area contributed by atoms with E-state index in [1.54, 1.807) is 0 Å². The van der Waals surface area contributed by atoms with E-state index < -0.39 is 0 Å². The molecule has 3 heterocycles. The van der Waals surface area contributed by atoms with Gasteiger partial charge in [-0.25, -0.2) is 0 Å². The Hall–Kier alpha value is -1.61. The van der Waals surface area contributed by atoms with Gasteiger partial charge in [-0.3, -0.25) is 4.98 Å². The van der Waals surface area contributed by atoms with E-state index in [0.717, 1.165) is 29.7 Å². The van der Waals surface area contributed by atoms with Gasteiger partial charge in [0, 0.05) is 35.9 Å². The summed E-state index contributed by atoms with van der Waals surface area (Å²) in [6, 6.07) is 11.5. The third-order valence-corrected chi connectivity index (χ3v) is 4.99. The summed E-state index contributed by atoms with van der Waals surface area (Å²) in [4.78, 5) is 9.76. The molecule has 104 valence electrons. The van der Waals surface area contributed by atoms with Crippen LogP contribution in [0.2, 0.25) is 0 Å². The van der Waals surface area contributed by atoms with Gasteiger partial charge in [-0.15, -0.1) is 0 Å². The molecule has 0 unspecified atom stereocenters. The number of pyridine rings is 1. The quantitative estimate of drug-likeness (QED) is 0.792. The average Bonchev–Trinajstić information content (AvgIpc) is 3.00. The fourth-order valence-electron chi connectivity index (χ4n) is 3.92. The molecule has 2 saturated heterocycles. The van der Waals surface area contributed by atoms with Crippen LogP contribution in [0.25, 0.3) is 10.9 Å². The molecule has 3 heteroatoms. The van der Waals surface area contributed by atoms with Crippen molar-refractivity contribution in [2.24, 2.45) is 5.92 Å². The fourth-order valence-corrected chi connectivity index (χ4v) is 3.92. The second-order valence-electron chi connectivity index (χ2n) is 6.30. The van der Waals surface area contributed by atoms with Crippen molar-refractivity contribution in [3.63, 3.8) is 0 Å². The molecule has 20 heavy (non-hydrogen) atoms. The van der Waals surface area contributed by atoms with Crippen LogP contribution in [0.15, 0.2) is 30.3 Å². The highest BCUT2D eigenvalue weighted by Crippen LogP contribution is 2.36. The van der Waals surface area contributed by atoms with Gasteiger partial charge in [0.2, 0.25) is 0 Å². The van der Waals surface area contributed by atoms with Gasteiger partial charge in [0.1, 0.15) is 0 Å². The number of aromatic nitrogens is 1. The van der Waals surface area contributed by atoms with Gasteiger partial charge in [-0.05, 0) is 45.0 Å². The van der Waals surface area contributed by atoms with Gasteiger partial charge < -0.3 is 9.80 Å². The topological polar surface area (TPSA) is 19.4 Å². The number of para-hydroxylation sites is 1. The van der Waals surface area contributed by atoms with E-state index in [2.05, 4.69) is 59.1 Å². The van der Waals surface area contributed by atoms with Crippen molar-refractivity contribution in [3.8, 4) is 0 Å². The van der Waals surface area contributed by atoms with Crippen LogP contribution in [0.3, 0.4) is 0 Å². The summed E-state index contributed by atoms with van der Waals surface area (Å²) in [6.45, 7) is 5.72. The molecular weight excluding hydrogens is 246 g/mol. The summed E-state index contributed by atoms with van der Waals surface area (Å²) in [6.07, 6.45) is 1.35. The van der Waals surface area contributed by atoms with Gasteiger partial charge in [0.15, 0.2) is 0 Å². The van der Waals surface area contributed by atoms with Crippen molar-refractivity contribution in [2.45, 2.75) is 19.4 Å². The fraction of sp³-hybridized carbons (Fsp3) is 0.471. The largest absolute Gasteiger partial charge is 0.369 e. The van der Waals surface area contributed by atoms with Gasteiger partial charge in [0.25, 0.3) is 0 Å². The number of rotatable bonds is 1. The Balaban J connectivity index is 1.76. The first kappa shape index (κ1) is 12.2. The average molecular weight is 267 g/mol. The second kappa shape index (κ2) is 4.45. The number of aryl methyl sites for hydroxylation is 1. The molecule has 0 spiro atoms. The maximum absolute atomic E-state index is 4.66. The first-order chi connectivity index (χ1) is 9.72. The van der Waals surface area contributed by atoms with Crippen LogP contribution in [0.4, 0.5) is 5.69 Å². The molecule has 2 aliphatic rings. The number of anilines is 1. The third-order valence-electron chi connectivity index (χ3n) is 4.99. The highest BCUT2D eigenvalue weighted by Gasteiger charge is 2.39. The van der Waals surface area contributed by atoms with Crippen molar-refractivity contribution in [3.05, 3.63) is 36.0 Å². The molecule has 1 aromatic heterocycles. The Morgan fingerprint density at radius 1 is 1.20 bits per heavy atom. The predicted molar refractivity (Wildman–Crippen MR) is 83.2 cm³/mol. The monoisotopic (exact) mass is 267 g/mol. The van der Waals surface area contributed by atoms with E-state index in [1.807, 2.05) is 0 Å². The summed E-state index contributed by atoms with van der Waals surface area (Å²) >= 11 is 0. The summed E-state index contributed by atoms with van der Waals surface area (Å²) < 4.78 is 0. The molecule has 3 nitrogen and oxygen atoms in total. The number of nitrogens with zero attached hydrogens (tertiary/aromatic N) is 3. The summed E-state index contributed by atoms with van der Waals surface area (Å²) in [5.41, 5.74) is 3.60. The molecule has 2 fully saturated rings. The standard InChI is InChI=1S/C17H21N3/c1-12-9-16(14-5-3-4-6-15(14)18-12)20-10-13-7-8-19(2)17(13)11-20/h3-6,9,13,17H,7-8,10-11H2,1-2H3/t13-,17+/m0/s1. The maximum atomic E-state index is 4.66. The molecule has 0 radical (unpaired) electrons. The van der Waals surface area contributed by atoms with Crippen LogP contribution >= 0.6 is 0 Å². The number of likely N-dealkylation sites (tertiary alicyclic amines) is 1. The van der Waals surface area contributed by atoms with E-state index in [9.17, 15) is 0 Å². The maximum Gasteiger partial charge on any atom is 0.0726 e. The smallest absolute Gasteiger partial charge is 0.0726 e. The Labute approximate surface area is 120 Å². The van der Waals surface area contributed by atoms with Crippen LogP contribution in [0.5, 0.6) is 0 Å². The lowest BCUT2D eigenvalue weighted by atomic mass is 10.1. The van der Waals surface area contributed by atoms with Gasteiger partial charge in [-0.1, -0.05) is 18.2 Å². The van der Waals surface area contributed by atoms with Crippen LogP contribution < -0.4 is 4.90 Å². The molecule has 0 N–H and O–H groups in total. The van der Waals surface area contributed by atoms with E-state index in [1.165, 1.54) is 30.6 Å². The molecule has 4 rings (SSSR count). The molecule has 0 bridgehead atoms. The zero-order valence-corrected chi connectivity index (χ0v) is 12.2. The Morgan fingerprint density at radius 3 is 2.90 bits per heavy atom. The molecular formula is C17H21N3. The van der Waals surface area contributed by atoms with Crippen molar-refractivity contribution >= 4 is 16.6 Å². The summed E-state index contributed by atoms with van der Waals surface area (Å²) in [5.74, 6) is 0.840. The zero-order valence-electron chi connectivity index (χ0n) is 12.2. The lowest BCUT2D eigenvalue weighted by molar-refractivity contribution is 0.310. The lowest BCUT2D eigenvalue weighted by Gasteiger charge is -2.24. The number of fused-ring (bicyclic) bond motifs is 2. The molecule has 0 aliphatic carbocycles. The minimum Gasteiger partial charge on any atom is -0.369 e. The molecule has 1 aromatic carbocycles. The number of benzene rings is 1. The van der Waals surface area contributed by atoms with Crippen molar-refractivity contribution in [2.75, 3.05) is 31.6 Å². The van der Waals surface area contributed by atoms with Crippen molar-refractivity contribution < 1.29 is 0 Å². The molecule has 2 aliphatic heterocycles. The van der Waals surface area contributed by atoms with Crippen molar-refractivity contribution in [1.82, 2.24) is 9.88 Å². The Bertz CT molecular complexity index is 652. The summed E-state index contributed by atoms with van der Waals surface area (Å²) in [7, 11) is 2.27. The number of hydrogen-bond donors (Lipinski definition) is 0. The lowest BCUT2D eigenvalue weighted by Crippen LogP contribution is -2.32. The van der Waals surface area contributed by atoms with Crippen molar-refractivity contribution in [1.29, 1.82) is 0 Å². The van der Waals surface area contributed by atoms with Crippen LogP contribution in [-0.4, -0.2) is 42.6 Å². The second-order valence-corrected chi connectivity index (χ2v) is 6.30. The SMILES string of the molecule is Cc1cc(N2C[C@@H]3CCN(C)[C@@H]3C2)c2ccccc2n1. The van der Waals surface area contributed by atoms with E-state index in [-0.39, 0.29) is 0 Å². The molecule has 0 amide bonds. The minimum absolute atomic E-state index is 0.738. The van der Waals surface area contributed by atoms with Crippen LogP contribution in [0.1, 0.15) is 12.1 Å². The minimum atomic E-state index is 0.738. The number of hydrogen-bond acceptors (Lipinski definition) is 3. The summed E-state index contributed by atoms with van der Waals surface area (Å²) in [5, 5.41) is 1.29.